The molecule has 2 aromatic carbocycles. The van der Waals surface area contributed by atoms with Gasteiger partial charge in [0, 0.05) is 27.7 Å². The first-order chi connectivity index (χ1) is 12.5. The third-order valence-electron chi connectivity index (χ3n) is 3.83. The minimum absolute atomic E-state index is 0.0616. The fourth-order valence-electron chi connectivity index (χ4n) is 2.62. The molecule has 0 spiro atoms. The molecule has 0 unspecified atom stereocenters. The molecule has 26 heavy (non-hydrogen) atoms. The lowest BCUT2D eigenvalue weighted by Crippen LogP contribution is -2.30. The third-order valence-corrected chi connectivity index (χ3v) is 4.32. The first-order valence-corrected chi connectivity index (χ1v) is 8.52. The number of amides is 1. The van der Waals surface area contributed by atoms with E-state index in [-0.39, 0.29) is 29.3 Å². The van der Waals surface area contributed by atoms with E-state index >= 15 is 0 Å². The first-order valence-electron chi connectivity index (χ1n) is 7.77. The minimum atomic E-state index is -0.975. The molecule has 0 aromatic heterocycles. The minimum Gasteiger partial charge on any atom is -0.395 e. The molecule has 8 heteroatoms. The number of aliphatic hydroxyl groups is 1. The first kappa shape index (κ1) is 18.7. The van der Waals surface area contributed by atoms with Crippen LogP contribution in [0.15, 0.2) is 48.0 Å². The summed E-state index contributed by atoms with van der Waals surface area (Å²) >= 11 is 11.7. The van der Waals surface area contributed by atoms with Crippen molar-refractivity contribution in [2.75, 3.05) is 13.2 Å². The molecule has 136 valence electrons. The Kier molecular flexibility index (Phi) is 5.78. The van der Waals surface area contributed by atoms with E-state index in [0.717, 1.165) is 6.07 Å². The van der Waals surface area contributed by atoms with Gasteiger partial charge in [0.25, 0.3) is 5.91 Å². The summed E-state index contributed by atoms with van der Waals surface area (Å²) < 4.78 is 14.4. The highest BCUT2D eigenvalue weighted by Gasteiger charge is 2.35. The van der Waals surface area contributed by atoms with Crippen molar-refractivity contribution in [1.29, 1.82) is 0 Å². The van der Waals surface area contributed by atoms with Crippen molar-refractivity contribution < 1.29 is 19.1 Å². The molecule has 3 rings (SSSR count). The van der Waals surface area contributed by atoms with Crippen LogP contribution in [0.3, 0.4) is 0 Å². The van der Waals surface area contributed by atoms with Crippen molar-refractivity contribution in [3.8, 4) is 0 Å². The van der Waals surface area contributed by atoms with Gasteiger partial charge in [-0.15, -0.1) is 0 Å². The molecule has 1 atom stereocenters. The van der Waals surface area contributed by atoms with Gasteiger partial charge in [0.1, 0.15) is 11.9 Å². The van der Waals surface area contributed by atoms with Crippen molar-refractivity contribution >= 4 is 34.8 Å². The number of rotatable bonds is 5. The maximum atomic E-state index is 14.4. The predicted octanol–water partition coefficient (Wildman–Crippen LogP) is 3.23. The van der Waals surface area contributed by atoms with E-state index in [4.69, 9.17) is 33.1 Å². The molecule has 1 aliphatic rings. The zero-order valence-corrected chi connectivity index (χ0v) is 14.9. The molecule has 1 amide bonds. The lowest BCUT2D eigenvalue weighted by atomic mass is 9.96. The average Bonchev–Trinajstić information content (AvgIpc) is 3.05. The van der Waals surface area contributed by atoms with Gasteiger partial charge in [0.05, 0.1) is 17.9 Å². The highest BCUT2D eigenvalue weighted by atomic mass is 35.5. The van der Waals surface area contributed by atoms with Gasteiger partial charge >= 0.3 is 0 Å². The topological polar surface area (TPSA) is 70.6 Å². The highest BCUT2D eigenvalue weighted by Crippen LogP contribution is 2.37. The summed E-state index contributed by atoms with van der Waals surface area (Å²) in [5, 5.41) is 12.3. The molecular formula is C18H15Cl2FN2O3. The van der Waals surface area contributed by atoms with E-state index in [1.54, 1.807) is 24.3 Å². The fourth-order valence-corrected chi connectivity index (χ4v) is 2.91. The number of benzene rings is 2. The second-order valence-electron chi connectivity index (χ2n) is 5.54. The van der Waals surface area contributed by atoms with Gasteiger partial charge in [-0.2, -0.15) is 0 Å². The Labute approximate surface area is 159 Å². The molecule has 2 aromatic rings. The number of nitrogens with one attached hydrogen (secondary N) is 2. The van der Waals surface area contributed by atoms with Gasteiger partial charge in [0.15, 0.2) is 0 Å². The second-order valence-corrected chi connectivity index (χ2v) is 6.41. The van der Waals surface area contributed by atoms with Gasteiger partial charge in [-0.1, -0.05) is 41.4 Å². The molecule has 0 saturated carbocycles. The monoisotopic (exact) mass is 396 g/mol. The van der Waals surface area contributed by atoms with Crippen LogP contribution in [0.2, 0.25) is 10.0 Å². The standard InChI is InChI=1S/C18H15Cl2FN2O3/c19-11-3-1-10(2-4-11)16-15(18(25)22-7-8-24)17(26-23-16)13-6-5-12(20)9-14(13)21/h1-6,9,17,23-24H,7-8H2,(H,22,25)/t17-/m1/s1. The van der Waals surface area contributed by atoms with Crippen molar-refractivity contribution in [2.45, 2.75) is 6.10 Å². The zero-order chi connectivity index (χ0) is 18.7. The van der Waals surface area contributed by atoms with E-state index in [1.165, 1.54) is 12.1 Å². The number of hydroxylamine groups is 1. The quantitative estimate of drug-likeness (QED) is 0.725. The SMILES string of the molecule is O=C(NCCO)C1=C(c2ccc(Cl)cc2)NO[C@@H]1c1ccc(Cl)cc1F. The summed E-state index contributed by atoms with van der Waals surface area (Å²) in [6, 6.07) is 10.9. The molecule has 0 radical (unpaired) electrons. The van der Waals surface area contributed by atoms with E-state index in [2.05, 4.69) is 10.8 Å². The van der Waals surface area contributed by atoms with E-state index in [9.17, 15) is 9.18 Å². The Balaban J connectivity index is 2.06. The molecule has 0 saturated heterocycles. The second kappa shape index (κ2) is 8.05. The number of hydrogen-bond donors (Lipinski definition) is 3. The number of halogens is 3. The van der Waals surface area contributed by atoms with Crippen LogP contribution in [-0.4, -0.2) is 24.2 Å². The Morgan fingerprint density at radius 1 is 1.19 bits per heavy atom. The number of aliphatic hydroxyl groups excluding tert-OH is 1. The molecular weight excluding hydrogens is 382 g/mol. The fraction of sp³-hybridized carbons (Fsp3) is 0.167. The lowest BCUT2D eigenvalue weighted by Gasteiger charge is -2.14. The van der Waals surface area contributed by atoms with Gasteiger partial charge in [-0.05, 0) is 24.3 Å². The normalized spacial score (nSPS) is 16.5. The summed E-state index contributed by atoms with van der Waals surface area (Å²) in [4.78, 5) is 18.1. The van der Waals surface area contributed by atoms with Crippen LogP contribution in [0, 0.1) is 5.82 Å². The van der Waals surface area contributed by atoms with Crippen LogP contribution in [0.4, 0.5) is 4.39 Å². The molecule has 1 aliphatic heterocycles. The van der Waals surface area contributed by atoms with Crippen LogP contribution < -0.4 is 10.8 Å². The molecule has 3 N–H and O–H groups in total. The van der Waals surface area contributed by atoms with Crippen LogP contribution >= 0.6 is 23.2 Å². The van der Waals surface area contributed by atoms with Gasteiger partial charge in [0.2, 0.25) is 0 Å². The van der Waals surface area contributed by atoms with Crippen molar-refractivity contribution in [3.63, 3.8) is 0 Å². The predicted molar refractivity (Wildman–Crippen MR) is 96.8 cm³/mol. The summed E-state index contributed by atoms with van der Waals surface area (Å²) in [5.74, 6) is -1.07. The maximum Gasteiger partial charge on any atom is 0.252 e. The van der Waals surface area contributed by atoms with Gasteiger partial charge in [-0.25, -0.2) is 4.39 Å². The third kappa shape index (κ3) is 3.83. The summed E-state index contributed by atoms with van der Waals surface area (Å²) in [5.41, 5.74) is 4.12. The van der Waals surface area contributed by atoms with Crippen molar-refractivity contribution in [1.82, 2.24) is 10.8 Å². The van der Waals surface area contributed by atoms with Gasteiger partial charge in [-0.3, -0.25) is 15.1 Å². The van der Waals surface area contributed by atoms with Crippen LogP contribution in [0.5, 0.6) is 0 Å². The Bertz CT molecular complexity index is 856. The molecule has 5 nitrogen and oxygen atoms in total. The van der Waals surface area contributed by atoms with E-state index < -0.39 is 17.8 Å². The molecule has 0 fully saturated rings. The largest absolute Gasteiger partial charge is 0.395 e. The lowest BCUT2D eigenvalue weighted by molar-refractivity contribution is -0.118. The van der Waals surface area contributed by atoms with Crippen LogP contribution in [0.1, 0.15) is 17.2 Å². The zero-order valence-electron chi connectivity index (χ0n) is 13.4. The van der Waals surface area contributed by atoms with E-state index in [1.807, 2.05) is 0 Å². The van der Waals surface area contributed by atoms with Crippen LogP contribution in [-0.2, 0) is 9.63 Å². The summed E-state index contributed by atoms with van der Waals surface area (Å²) in [6.07, 6.45) is -0.975. The molecule has 1 heterocycles. The summed E-state index contributed by atoms with van der Waals surface area (Å²) in [7, 11) is 0. The van der Waals surface area contributed by atoms with Gasteiger partial charge < -0.3 is 10.4 Å². The number of carbonyl (C=O) groups excluding carboxylic acids is 1. The molecule has 0 aliphatic carbocycles. The average molecular weight is 397 g/mol. The van der Waals surface area contributed by atoms with Crippen LogP contribution in [0.25, 0.3) is 5.70 Å². The molecule has 0 bridgehead atoms. The Morgan fingerprint density at radius 3 is 2.54 bits per heavy atom. The smallest absolute Gasteiger partial charge is 0.252 e. The summed E-state index contributed by atoms with van der Waals surface area (Å²) in [6.45, 7) is -0.157. The highest BCUT2D eigenvalue weighted by molar-refractivity contribution is 6.30. The number of carbonyl (C=O) groups is 1. The van der Waals surface area contributed by atoms with Crippen molar-refractivity contribution in [3.05, 3.63) is 75.0 Å². The van der Waals surface area contributed by atoms with E-state index in [0.29, 0.717) is 16.3 Å². The maximum absolute atomic E-state index is 14.4. The Hall–Kier alpha value is -2.12. The Morgan fingerprint density at radius 2 is 1.88 bits per heavy atom. The van der Waals surface area contributed by atoms with Crippen molar-refractivity contribution in [2.24, 2.45) is 0 Å². The number of hydrogen-bond acceptors (Lipinski definition) is 4.